The fraction of sp³-hybridized carbons (Fsp3) is 0.417. The van der Waals surface area contributed by atoms with Crippen LogP contribution in [0.5, 0.6) is 0 Å². The quantitative estimate of drug-likeness (QED) is 0.841. The maximum Gasteiger partial charge on any atom is 0.217 e. The molecular weight excluding hydrogens is 212 g/mol. The molecule has 0 radical (unpaired) electrons. The summed E-state index contributed by atoms with van der Waals surface area (Å²) in [6, 6.07) is 3.02. The van der Waals surface area contributed by atoms with Gasteiger partial charge in [-0.2, -0.15) is 0 Å². The van der Waals surface area contributed by atoms with Crippen molar-refractivity contribution in [3.63, 3.8) is 0 Å². The zero-order chi connectivity index (χ0) is 12.1. The van der Waals surface area contributed by atoms with Crippen LogP contribution in [-0.2, 0) is 4.79 Å². The molecule has 1 amide bonds. The summed E-state index contributed by atoms with van der Waals surface area (Å²) in [6.07, 6.45) is 1.43. The Labute approximate surface area is 93.7 Å². The molecule has 0 bridgehead atoms. The van der Waals surface area contributed by atoms with E-state index in [9.17, 15) is 13.6 Å². The van der Waals surface area contributed by atoms with E-state index in [0.717, 1.165) is 12.5 Å². The second-order valence-corrected chi connectivity index (χ2v) is 3.71. The highest BCUT2D eigenvalue weighted by Crippen LogP contribution is 2.22. The van der Waals surface area contributed by atoms with Crippen LogP contribution in [0, 0.1) is 11.6 Å². The van der Waals surface area contributed by atoms with Gasteiger partial charge >= 0.3 is 0 Å². The molecule has 0 spiro atoms. The lowest BCUT2D eigenvalue weighted by Crippen LogP contribution is -2.26. The van der Waals surface area contributed by atoms with Gasteiger partial charge in [0.15, 0.2) is 0 Å². The number of amides is 1. The molecule has 1 rings (SSSR count). The molecule has 0 aliphatic heterocycles. The van der Waals surface area contributed by atoms with Crippen LogP contribution in [0.2, 0.25) is 0 Å². The summed E-state index contributed by atoms with van der Waals surface area (Å²) in [7, 11) is 0. The van der Waals surface area contributed by atoms with E-state index in [-0.39, 0.29) is 11.9 Å². The number of carbonyl (C=O) groups is 1. The van der Waals surface area contributed by atoms with Gasteiger partial charge in [-0.05, 0) is 12.5 Å². The molecule has 1 aromatic rings. The lowest BCUT2D eigenvalue weighted by atomic mass is 10.0. The number of rotatable bonds is 4. The number of benzene rings is 1. The van der Waals surface area contributed by atoms with Crippen molar-refractivity contribution in [3.8, 4) is 0 Å². The molecule has 1 unspecified atom stereocenters. The summed E-state index contributed by atoms with van der Waals surface area (Å²) in [6.45, 7) is 3.32. The van der Waals surface area contributed by atoms with E-state index in [4.69, 9.17) is 0 Å². The third-order valence-electron chi connectivity index (χ3n) is 2.29. The second kappa shape index (κ2) is 5.58. The van der Waals surface area contributed by atoms with Gasteiger partial charge in [0.2, 0.25) is 5.91 Å². The minimum absolute atomic E-state index is 0.220. The van der Waals surface area contributed by atoms with Gasteiger partial charge in [0.05, 0.1) is 6.04 Å². The smallest absolute Gasteiger partial charge is 0.217 e. The maximum atomic E-state index is 13.5. The third kappa shape index (κ3) is 3.29. The average molecular weight is 227 g/mol. The van der Waals surface area contributed by atoms with E-state index >= 15 is 0 Å². The highest BCUT2D eigenvalue weighted by Gasteiger charge is 2.16. The average Bonchev–Trinajstić information content (AvgIpc) is 2.16. The first-order valence-corrected chi connectivity index (χ1v) is 5.26. The summed E-state index contributed by atoms with van der Waals surface area (Å²) < 4.78 is 26.2. The van der Waals surface area contributed by atoms with Gasteiger partial charge in [0.25, 0.3) is 0 Å². The Kier molecular flexibility index (Phi) is 4.40. The van der Waals surface area contributed by atoms with Gasteiger partial charge in [-0.1, -0.05) is 19.4 Å². The van der Waals surface area contributed by atoms with Gasteiger partial charge in [-0.15, -0.1) is 0 Å². The molecule has 16 heavy (non-hydrogen) atoms. The van der Waals surface area contributed by atoms with Gasteiger partial charge in [-0.25, -0.2) is 8.78 Å². The normalized spacial score (nSPS) is 12.2. The lowest BCUT2D eigenvalue weighted by Gasteiger charge is -2.18. The van der Waals surface area contributed by atoms with E-state index in [1.54, 1.807) is 0 Å². The summed E-state index contributed by atoms with van der Waals surface area (Å²) in [5.74, 6) is -1.45. The Hall–Kier alpha value is -1.45. The molecule has 0 saturated heterocycles. The van der Waals surface area contributed by atoms with Gasteiger partial charge in [0, 0.05) is 18.6 Å². The van der Waals surface area contributed by atoms with Crippen molar-refractivity contribution in [2.75, 3.05) is 0 Å². The number of carbonyl (C=O) groups excluding carboxylic acids is 1. The second-order valence-electron chi connectivity index (χ2n) is 3.71. The zero-order valence-corrected chi connectivity index (χ0v) is 9.39. The van der Waals surface area contributed by atoms with Crippen LogP contribution in [-0.4, -0.2) is 5.91 Å². The van der Waals surface area contributed by atoms with Crippen molar-refractivity contribution in [2.24, 2.45) is 0 Å². The fourth-order valence-electron chi connectivity index (χ4n) is 1.62. The highest BCUT2D eigenvalue weighted by atomic mass is 19.1. The van der Waals surface area contributed by atoms with E-state index in [1.165, 1.54) is 19.1 Å². The lowest BCUT2D eigenvalue weighted by molar-refractivity contribution is -0.119. The van der Waals surface area contributed by atoms with Crippen LogP contribution in [0.1, 0.15) is 38.3 Å². The highest BCUT2D eigenvalue weighted by molar-refractivity contribution is 5.73. The topological polar surface area (TPSA) is 29.1 Å². The van der Waals surface area contributed by atoms with Gasteiger partial charge in [-0.3, -0.25) is 4.79 Å². The summed E-state index contributed by atoms with van der Waals surface area (Å²) >= 11 is 0. The standard InChI is InChI=1S/C12H15F2NO/c1-3-4-12(15-8(2)16)10-6-5-9(13)7-11(10)14/h5-7,12H,3-4H2,1-2H3,(H,15,16). The van der Waals surface area contributed by atoms with Crippen LogP contribution >= 0.6 is 0 Å². The summed E-state index contributed by atoms with van der Waals surface area (Å²) in [4.78, 5) is 11.0. The molecule has 0 saturated carbocycles. The Balaban J connectivity index is 2.95. The minimum atomic E-state index is -0.618. The number of halogens is 2. The molecule has 0 aliphatic carbocycles. The fourth-order valence-corrected chi connectivity index (χ4v) is 1.62. The molecule has 1 atom stereocenters. The molecule has 88 valence electrons. The number of hydrogen-bond acceptors (Lipinski definition) is 1. The summed E-state index contributed by atoms with van der Waals surface area (Å²) in [5.41, 5.74) is 0.332. The van der Waals surface area contributed by atoms with Crippen LogP contribution in [0.15, 0.2) is 18.2 Å². The first-order valence-electron chi connectivity index (χ1n) is 5.26. The van der Waals surface area contributed by atoms with Crippen LogP contribution in [0.3, 0.4) is 0 Å². The predicted molar refractivity (Wildman–Crippen MR) is 57.8 cm³/mol. The Bertz CT molecular complexity index is 379. The summed E-state index contributed by atoms with van der Waals surface area (Å²) in [5, 5.41) is 2.66. The molecule has 0 fully saturated rings. The van der Waals surface area contributed by atoms with Crippen LogP contribution < -0.4 is 5.32 Å². The van der Waals surface area contributed by atoms with Crippen molar-refractivity contribution in [1.82, 2.24) is 5.32 Å². The zero-order valence-electron chi connectivity index (χ0n) is 9.39. The molecule has 0 aliphatic rings. The Morgan fingerprint density at radius 2 is 2.12 bits per heavy atom. The van der Waals surface area contributed by atoms with Crippen molar-refractivity contribution < 1.29 is 13.6 Å². The molecule has 0 heterocycles. The molecule has 2 nitrogen and oxygen atoms in total. The van der Waals surface area contributed by atoms with E-state index < -0.39 is 11.6 Å². The van der Waals surface area contributed by atoms with E-state index in [2.05, 4.69) is 5.32 Å². The molecule has 1 N–H and O–H groups in total. The van der Waals surface area contributed by atoms with Crippen molar-refractivity contribution in [2.45, 2.75) is 32.7 Å². The van der Waals surface area contributed by atoms with E-state index in [0.29, 0.717) is 12.0 Å². The number of hydrogen-bond donors (Lipinski definition) is 1. The van der Waals surface area contributed by atoms with Crippen LogP contribution in [0.4, 0.5) is 8.78 Å². The van der Waals surface area contributed by atoms with Gasteiger partial charge < -0.3 is 5.32 Å². The molecular formula is C12H15F2NO. The Morgan fingerprint density at radius 3 is 2.62 bits per heavy atom. The molecule has 0 aromatic heterocycles. The first kappa shape index (κ1) is 12.6. The SMILES string of the molecule is CCCC(NC(C)=O)c1ccc(F)cc1F. The van der Waals surface area contributed by atoms with E-state index in [1.807, 2.05) is 6.92 Å². The largest absolute Gasteiger partial charge is 0.349 e. The van der Waals surface area contributed by atoms with Crippen molar-refractivity contribution >= 4 is 5.91 Å². The van der Waals surface area contributed by atoms with Gasteiger partial charge in [0.1, 0.15) is 11.6 Å². The van der Waals surface area contributed by atoms with Crippen LogP contribution in [0.25, 0.3) is 0 Å². The molecule has 4 heteroatoms. The number of nitrogens with one attached hydrogen (secondary N) is 1. The predicted octanol–water partition coefficient (Wildman–Crippen LogP) is 2.94. The Morgan fingerprint density at radius 1 is 1.44 bits per heavy atom. The first-order chi connectivity index (χ1) is 7.54. The van der Waals surface area contributed by atoms with Crippen molar-refractivity contribution in [3.05, 3.63) is 35.4 Å². The molecule has 1 aromatic carbocycles. The van der Waals surface area contributed by atoms with Crippen molar-refractivity contribution in [1.29, 1.82) is 0 Å². The minimum Gasteiger partial charge on any atom is -0.349 e. The third-order valence-corrected chi connectivity index (χ3v) is 2.29. The maximum absolute atomic E-state index is 13.5. The monoisotopic (exact) mass is 227 g/mol.